The minimum absolute atomic E-state index is 0.00441. The van der Waals surface area contributed by atoms with Crippen molar-refractivity contribution in [3.63, 3.8) is 0 Å². The van der Waals surface area contributed by atoms with Crippen LogP contribution in [-0.4, -0.2) is 35.0 Å². The molecule has 4 aromatic rings. The Kier molecular flexibility index (Phi) is 5.51. The molecule has 1 amide bonds. The zero-order valence-electron chi connectivity index (χ0n) is 17.6. The Bertz CT molecular complexity index is 1400. The summed E-state index contributed by atoms with van der Waals surface area (Å²) in [6.07, 6.45) is 2.71. The van der Waals surface area contributed by atoms with Gasteiger partial charge < -0.3 is 5.32 Å². The first-order valence-corrected chi connectivity index (χ1v) is 11.1. The molecule has 0 saturated heterocycles. The summed E-state index contributed by atoms with van der Waals surface area (Å²) in [5.41, 5.74) is 2.22. The first-order valence-electron chi connectivity index (χ1n) is 10.3. The third-order valence-electron chi connectivity index (χ3n) is 5.62. The van der Waals surface area contributed by atoms with Gasteiger partial charge in [0, 0.05) is 22.7 Å². The van der Waals surface area contributed by atoms with E-state index in [0.29, 0.717) is 34.3 Å². The maximum Gasteiger partial charge on any atom is 0.350 e. The van der Waals surface area contributed by atoms with E-state index >= 15 is 0 Å². The smallest absolute Gasteiger partial charge is 0.339 e. The van der Waals surface area contributed by atoms with Gasteiger partial charge in [-0.25, -0.2) is 23.7 Å². The molecule has 1 aliphatic rings. The molecular weight excluding hydrogens is 465 g/mol. The van der Waals surface area contributed by atoms with Gasteiger partial charge in [-0.3, -0.25) is 4.79 Å². The van der Waals surface area contributed by atoms with Gasteiger partial charge in [0.25, 0.3) is 5.91 Å². The number of aromatic nitrogens is 6. The second kappa shape index (κ2) is 8.49. The number of fused-ring (bicyclic) bond motifs is 3. The summed E-state index contributed by atoms with van der Waals surface area (Å²) in [7, 11) is 1.59. The van der Waals surface area contributed by atoms with Gasteiger partial charge in [-0.15, -0.1) is 5.10 Å². The molecule has 0 radical (unpaired) electrons. The van der Waals surface area contributed by atoms with Gasteiger partial charge in [0.1, 0.15) is 6.33 Å². The number of amides is 1. The summed E-state index contributed by atoms with van der Waals surface area (Å²) >= 11 is 12.5. The molecular formula is C22H19Cl2N7O2. The number of para-hydroxylation sites is 1. The molecule has 1 aliphatic heterocycles. The molecule has 0 unspecified atom stereocenters. The molecule has 1 atom stereocenters. The van der Waals surface area contributed by atoms with Crippen LogP contribution in [0.4, 0.5) is 0 Å². The van der Waals surface area contributed by atoms with E-state index in [1.807, 2.05) is 24.3 Å². The molecule has 0 aliphatic carbocycles. The minimum Gasteiger partial charge on any atom is -0.339 e. The van der Waals surface area contributed by atoms with Gasteiger partial charge in [-0.2, -0.15) is 5.10 Å². The fourth-order valence-corrected chi connectivity index (χ4v) is 4.50. The fourth-order valence-electron chi connectivity index (χ4n) is 3.98. The van der Waals surface area contributed by atoms with Crippen LogP contribution in [0, 0.1) is 0 Å². The number of nitrogens with zero attached hydrogens (tertiary/aromatic N) is 6. The first kappa shape index (κ1) is 21.4. The Morgan fingerprint density at radius 1 is 1.12 bits per heavy atom. The Balaban J connectivity index is 1.40. The normalized spacial score (nSPS) is 14.9. The quantitative estimate of drug-likeness (QED) is 0.480. The topological polar surface area (TPSA) is 99.6 Å². The Hall–Kier alpha value is -3.43. The molecule has 2 aromatic carbocycles. The van der Waals surface area contributed by atoms with Crippen molar-refractivity contribution in [2.24, 2.45) is 7.05 Å². The highest BCUT2D eigenvalue weighted by Crippen LogP contribution is 2.28. The number of carbonyl (C=O) groups is 1. The number of rotatable bonds is 4. The molecule has 2 aromatic heterocycles. The molecule has 0 fully saturated rings. The summed E-state index contributed by atoms with van der Waals surface area (Å²) in [5, 5.41) is 12.6. The van der Waals surface area contributed by atoms with Gasteiger partial charge >= 0.3 is 5.69 Å². The summed E-state index contributed by atoms with van der Waals surface area (Å²) < 4.78 is 4.33. The number of carbonyl (C=O) groups excluding carboxylic acids is 1. The zero-order valence-corrected chi connectivity index (χ0v) is 19.1. The summed E-state index contributed by atoms with van der Waals surface area (Å²) in [4.78, 5) is 29.9. The number of benzene rings is 2. The lowest BCUT2D eigenvalue weighted by Crippen LogP contribution is -2.31. The van der Waals surface area contributed by atoms with Crippen molar-refractivity contribution in [1.82, 2.24) is 34.4 Å². The predicted octanol–water partition coefficient (Wildman–Crippen LogP) is 2.93. The third kappa shape index (κ3) is 3.94. The minimum atomic E-state index is -0.483. The average Bonchev–Trinajstić information content (AvgIpc) is 3.34. The van der Waals surface area contributed by atoms with Crippen LogP contribution in [0.25, 0.3) is 5.69 Å². The van der Waals surface area contributed by atoms with Gasteiger partial charge in [0.05, 0.1) is 18.3 Å². The molecule has 0 spiro atoms. The number of hydrogen-bond acceptors (Lipinski definition) is 5. The monoisotopic (exact) mass is 483 g/mol. The van der Waals surface area contributed by atoms with Crippen molar-refractivity contribution >= 4 is 29.1 Å². The van der Waals surface area contributed by atoms with Crippen LogP contribution in [0.5, 0.6) is 0 Å². The third-order valence-corrected chi connectivity index (χ3v) is 6.33. The van der Waals surface area contributed by atoms with Crippen LogP contribution < -0.4 is 11.0 Å². The highest BCUT2D eigenvalue weighted by molar-refractivity contribution is 6.35. The van der Waals surface area contributed by atoms with E-state index in [1.165, 1.54) is 15.7 Å². The first-order chi connectivity index (χ1) is 15.9. The van der Waals surface area contributed by atoms with Crippen molar-refractivity contribution in [2.75, 3.05) is 0 Å². The maximum atomic E-state index is 13.0. The van der Waals surface area contributed by atoms with E-state index < -0.39 is 11.9 Å². The van der Waals surface area contributed by atoms with Crippen molar-refractivity contribution in [3.8, 4) is 5.69 Å². The molecule has 5 rings (SSSR count). The van der Waals surface area contributed by atoms with Crippen molar-refractivity contribution in [2.45, 2.75) is 25.4 Å². The van der Waals surface area contributed by atoms with E-state index in [2.05, 4.69) is 20.5 Å². The number of aryl methyl sites for hydroxylation is 2. The number of hydrogen-bond donors (Lipinski definition) is 1. The SMILES string of the molecule is Cn1nc2n(c1=O)-c1ccccc1CC[C@H]2NC(=O)c1ncn(Cc2c(Cl)cccc2Cl)n1. The van der Waals surface area contributed by atoms with E-state index in [1.54, 1.807) is 29.8 Å². The van der Waals surface area contributed by atoms with Crippen LogP contribution in [0.15, 0.2) is 53.6 Å². The summed E-state index contributed by atoms with van der Waals surface area (Å²) in [6.45, 7) is 0.275. The van der Waals surface area contributed by atoms with Crippen LogP contribution in [0.3, 0.4) is 0 Å². The lowest BCUT2D eigenvalue weighted by Gasteiger charge is -2.14. The van der Waals surface area contributed by atoms with E-state index in [4.69, 9.17) is 23.2 Å². The van der Waals surface area contributed by atoms with Gasteiger partial charge in [0.15, 0.2) is 5.82 Å². The fraction of sp³-hybridized carbons (Fsp3) is 0.227. The second-order valence-electron chi connectivity index (χ2n) is 7.76. The number of nitrogens with one attached hydrogen (secondary N) is 1. The van der Waals surface area contributed by atoms with Crippen LogP contribution in [0.2, 0.25) is 10.0 Å². The standard InChI is InChI=1S/C22H19Cl2N7O2/c1-29-22(33)31-18-8-3-2-5-13(18)9-10-17(20(31)28-29)26-21(32)19-25-12-30(27-19)11-14-15(23)6-4-7-16(14)24/h2-8,12,17H,9-11H2,1H3,(H,26,32)/t17-/m1/s1. The Labute approximate surface area is 198 Å². The lowest BCUT2D eigenvalue weighted by atomic mass is 10.1. The van der Waals surface area contributed by atoms with E-state index in [0.717, 1.165) is 11.3 Å². The Morgan fingerprint density at radius 3 is 2.67 bits per heavy atom. The average molecular weight is 484 g/mol. The molecule has 168 valence electrons. The largest absolute Gasteiger partial charge is 0.350 e. The van der Waals surface area contributed by atoms with Crippen LogP contribution >= 0.6 is 23.2 Å². The van der Waals surface area contributed by atoms with Gasteiger partial charge in [-0.1, -0.05) is 47.5 Å². The van der Waals surface area contributed by atoms with Gasteiger partial charge in [-0.05, 0) is 36.6 Å². The van der Waals surface area contributed by atoms with Gasteiger partial charge in [0.2, 0.25) is 5.82 Å². The molecule has 1 N–H and O–H groups in total. The molecule has 3 heterocycles. The van der Waals surface area contributed by atoms with Crippen LogP contribution in [-0.2, 0) is 20.0 Å². The molecule has 11 heteroatoms. The molecule has 33 heavy (non-hydrogen) atoms. The highest BCUT2D eigenvalue weighted by Gasteiger charge is 2.29. The lowest BCUT2D eigenvalue weighted by molar-refractivity contribution is 0.0921. The summed E-state index contributed by atoms with van der Waals surface area (Å²) in [5.74, 6) is 0.0208. The van der Waals surface area contributed by atoms with Crippen molar-refractivity contribution in [3.05, 3.63) is 92.1 Å². The molecule has 0 bridgehead atoms. The maximum absolute atomic E-state index is 13.0. The predicted molar refractivity (Wildman–Crippen MR) is 123 cm³/mol. The highest BCUT2D eigenvalue weighted by atomic mass is 35.5. The molecule has 0 saturated carbocycles. The molecule has 9 nitrogen and oxygen atoms in total. The van der Waals surface area contributed by atoms with E-state index in [9.17, 15) is 9.59 Å². The summed E-state index contributed by atoms with van der Waals surface area (Å²) in [6, 6.07) is 12.4. The van der Waals surface area contributed by atoms with Crippen molar-refractivity contribution in [1.29, 1.82) is 0 Å². The van der Waals surface area contributed by atoms with E-state index in [-0.39, 0.29) is 18.1 Å². The second-order valence-corrected chi connectivity index (χ2v) is 8.57. The zero-order chi connectivity index (χ0) is 23.1. The Morgan fingerprint density at radius 2 is 1.88 bits per heavy atom. The number of halogens is 2. The van der Waals surface area contributed by atoms with Crippen LogP contribution in [0.1, 0.15) is 40.0 Å². The van der Waals surface area contributed by atoms with Crippen molar-refractivity contribution < 1.29 is 4.79 Å².